The Morgan fingerprint density at radius 1 is 1.00 bits per heavy atom. The number of hydrogen-bond donors (Lipinski definition) is 2. The number of carbonyl (C=O) groups is 3. The SMILES string of the molecule is COC(=O)[C@@H](Cc1c[nH]c2ccccc12)NC(=O)CCC(=O)c1ccccc1. The van der Waals surface area contributed by atoms with E-state index in [2.05, 4.69) is 10.3 Å². The fourth-order valence-electron chi connectivity index (χ4n) is 3.12. The van der Waals surface area contributed by atoms with Gasteiger partial charge in [-0.1, -0.05) is 48.5 Å². The number of para-hydroxylation sites is 1. The Bertz CT molecular complexity index is 978. The highest BCUT2D eigenvalue weighted by molar-refractivity contribution is 5.98. The Balaban J connectivity index is 1.63. The van der Waals surface area contributed by atoms with Crippen LogP contribution in [0.1, 0.15) is 28.8 Å². The normalized spacial score (nSPS) is 11.8. The van der Waals surface area contributed by atoms with Crippen LogP contribution in [0.3, 0.4) is 0 Å². The van der Waals surface area contributed by atoms with Crippen LogP contribution in [-0.2, 0) is 20.7 Å². The maximum atomic E-state index is 12.3. The van der Waals surface area contributed by atoms with Crippen LogP contribution in [0.5, 0.6) is 0 Å². The predicted molar refractivity (Wildman–Crippen MR) is 106 cm³/mol. The number of H-pyrrole nitrogens is 1. The molecule has 0 saturated carbocycles. The number of aromatic amines is 1. The Labute approximate surface area is 162 Å². The molecule has 6 nitrogen and oxygen atoms in total. The van der Waals surface area contributed by atoms with Gasteiger partial charge in [0.15, 0.2) is 5.78 Å². The minimum Gasteiger partial charge on any atom is -0.467 e. The van der Waals surface area contributed by atoms with Crippen molar-refractivity contribution in [2.24, 2.45) is 0 Å². The van der Waals surface area contributed by atoms with E-state index in [-0.39, 0.29) is 24.5 Å². The molecule has 1 heterocycles. The molecule has 0 unspecified atom stereocenters. The zero-order valence-electron chi connectivity index (χ0n) is 15.6. The fourth-order valence-corrected chi connectivity index (χ4v) is 3.12. The van der Waals surface area contributed by atoms with Gasteiger partial charge in [-0.25, -0.2) is 4.79 Å². The molecule has 0 bridgehead atoms. The van der Waals surface area contributed by atoms with Crippen LogP contribution in [0.4, 0.5) is 0 Å². The quantitative estimate of drug-likeness (QED) is 0.466. The minimum absolute atomic E-state index is 0.00903. The lowest BCUT2D eigenvalue weighted by Crippen LogP contribution is -2.43. The summed E-state index contributed by atoms with van der Waals surface area (Å²) in [6.45, 7) is 0. The van der Waals surface area contributed by atoms with Gasteiger partial charge in [-0.2, -0.15) is 0 Å². The molecule has 1 aromatic heterocycles. The summed E-state index contributed by atoms with van der Waals surface area (Å²) in [6, 6.07) is 15.7. The Hall–Kier alpha value is -3.41. The lowest BCUT2D eigenvalue weighted by atomic mass is 10.0. The van der Waals surface area contributed by atoms with Crippen LogP contribution in [0, 0.1) is 0 Å². The monoisotopic (exact) mass is 378 g/mol. The maximum Gasteiger partial charge on any atom is 0.328 e. The molecule has 2 N–H and O–H groups in total. The van der Waals surface area contributed by atoms with Crippen LogP contribution in [-0.4, -0.2) is 35.8 Å². The van der Waals surface area contributed by atoms with Crippen molar-refractivity contribution < 1.29 is 19.1 Å². The molecule has 28 heavy (non-hydrogen) atoms. The molecule has 144 valence electrons. The van der Waals surface area contributed by atoms with Crippen molar-refractivity contribution in [1.82, 2.24) is 10.3 Å². The zero-order valence-corrected chi connectivity index (χ0v) is 15.6. The lowest BCUT2D eigenvalue weighted by molar-refractivity contribution is -0.145. The summed E-state index contributed by atoms with van der Waals surface area (Å²) in [6.07, 6.45) is 2.21. The van der Waals surface area contributed by atoms with Gasteiger partial charge in [0.05, 0.1) is 7.11 Å². The number of amides is 1. The molecule has 3 aromatic rings. The van der Waals surface area contributed by atoms with E-state index in [1.807, 2.05) is 36.5 Å². The van der Waals surface area contributed by atoms with Gasteiger partial charge in [-0.3, -0.25) is 9.59 Å². The van der Waals surface area contributed by atoms with Gasteiger partial charge >= 0.3 is 5.97 Å². The van der Waals surface area contributed by atoms with Gasteiger partial charge in [0.25, 0.3) is 0 Å². The van der Waals surface area contributed by atoms with E-state index in [0.717, 1.165) is 16.5 Å². The second-order valence-electron chi connectivity index (χ2n) is 6.50. The number of carbonyl (C=O) groups excluding carboxylic acids is 3. The van der Waals surface area contributed by atoms with E-state index in [1.54, 1.807) is 24.3 Å². The van der Waals surface area contributed by atoms with Crippen LogP contribution in [0.15, 0.2) is 60.8 Å². The average molecular weight is 378 g/mol. The zero-order chi connectivity index (χ0) is 19.9. The van der Waals surface area contributed by atoms with Crippen molar-refractivity contribution in [3.63, 3.8) is 0 Å². The number of ketones is 1. The first-order valence-electron chi connectivity index (χ1n) is 9.09. The third-order valence-electron chi connectivity index (χ3n) is 4.59. The highest BCUT2D eigenvalue weighted by Gasteiger charge is 2.23. The number of hydrogen-bond acceptors (Lipinski definition) is 4. The van der Waals surface area contributed by atoms with E-state index in [4.69, 9.17) is 4.74 Å². The van der Waals surface area contributed by atoms with Gasteiger partial charge in [0, 0.05) is 41.9 Å². The van der Waals surface area contributed by atoms with Crippen molar-refractivity contribution in [3.8, 4) is 0 Å². The molecule has 0 aliphatic carbocycles. The van der Waals surface area contributed by atoms with Crippen LogP contribution < -0.4 is 5.32 Å². The summed E-state index contributed by atoms with van der Waals surface area (Å²) in [5, 5.41) is 3.69. The fraction of sp³-hybridized carbons (Fsp3) is 0.227. The summed E-state index contributed by atoms with van der Waals surface area (Å²) in [7, 11) is 1.29. The number of nitrogens with one attached hydrogen (secondary N) is 2. The summed E-state index contributed by atoms with van der Waals surface area (Å²) in [5.41, 5.74) is 2.44. The largest absolute Gasteiger partial charge is 0.467 e. The first-order chi connectivity index (χ1) is 13.6. The summed E-state index contributed by atoms with van der Waals surface area (Å²) in [4.78, 5) is 39.8. The molecular formula is C22H22N2O4. The number of Topliss-reactive ketones (excluding diaryl/α,β-unsaturated/α-hetero) is 1. The molecule has 1 atom stereocenters. The molecule has 3 rings (SSSR count). The molecule has 1 amide bonds. The molecule has 0 saturated heterocycles. The van der Waals surface area contributed by atoms with E-state index < -0.39 is 12.0 Å². The summed E-state index contributed by atoms with van der Waals surface area (Å²) >= 11 is 0. The van der Waals surface area contributed by atoms with E-state index in [9.17, 15) is 14.4 Å². The van der Waals surface area contributed by atoms with E-state index in [1.165, 1.54) is 7.11 Å². The summed E-state index contributed by atoms with van der Waals surface area (Å²) < 4.78 is 4.84. The molecule has 6 heteroatoms. The molecule has 0 radical (unpaired) electrons. The van der Waals surface area contributed by atoms with Gasteiger partial charge < -0.3 is 15.0 Å². The molecule has 0 aliphatic heterocycles. The van der Waals surface area contributed by atoms with Gasteiger partial charge in [0.1, 0.15) is 6.04 Å². The van der Waals surface area contributed by atoms with Crippen molar-refractivity contribution >= 4 is 28.6 Å². The second kappa shape index (κ2) is 8.99. The number of ether oxygens (including phenoxy) is 1. The van der Waals surface area contributed by atoms with Crippen LogP contribution in [0.25, 0.3) is 10.9 Å². The smallest absolute Gasteiger partial charge is 0.328 e. The van der Waals surface area contributed by atoms with Gasteiger partial charge in [-0.15, -0.1) is 0 Å². The second-order valence-corrected chi connectivity index (χ2v) is 6.50. The minimum atomic E-state index is -0.816. The number of methoxy groups -OCH3 is 1. The molecule has 2 aromatic carbocycles. The Morgan fingerprint density at radius 2 is 1.71 bits per heavy atom. The number of esters is 1. The van der Waals surface area contributed by atoms with E-state index >= 15 is 0 Å². The number of fused-ring (bicyclic) bond motifs is 1. The topological polar surface area (TPSA) is 88.3 Å². The predicted octanol–water partition coefficient (Wildman–Crippen LogP) is 3.03. The first-order valence-corrected chi connectivity index (χ1v) is 9.09. The van der Waals surface area contributed by atoms with Gasteiger partial charge in [0.2, 0.25) is 5.91 Å². The average Bonchev–Trinajstić information content (AvgIpc) is 3.14. The molecule has 0 spiro atoms. The highest BCUT2D eigenvalue weighted by Crippen LogP contribution is 2.19. The number of rotatable bonds is 8. The van der Waals surface area contributed by atoms with Gasteiger partial charge in [-0.05, 0) is 11.6 Å². The number of aromatic nitrogens is 1. The van der Waals surface area contributed by atoms with Crippen molar-refractivity contribution in [1.29, 1.82) is 0 Å². The van der Waals surface area contributed by atoms with Crippen molar-refractivity contribution in [3.05, 3.63) is 71.9 Å². The standard InChI is InChI=1S/C22H22N2O4/c1-28-22(27)19(13-16-14-23-18-10-6-5-9-17(16)18)24-21(26)12-11-20(25)15-7-3-2-4-8-15/h2-10,14,19,23H,11-13H2,1H3,(H,24,26)/t19-/m1/s1. The van der Waals surface area contributed by atoms with Crippen molar-refractivity contribution in [2.75, 3.05) is 7.11 Å². The van der Waals surface area contributed by atoms with Crippen LogP contribution in [0.2, 0.25) is 0 Å². The first kappa shape index (κ1) is 19.4. The molecular weight excluding hydrogens is 356 g/mol. The lowest BCUT2D eigenvalue weighted by Gasteiger charge is -2.16. The molecule has 0 aliphatic rings. The Kier molecular flexibility index (Phi) is 6.22. The maximum absolute atomic E-state index is 12.3. The summed E-state index contributed by atoms with van der Waals surface area (Å²) in [5.74, 6) is -0.991. The number of benzene rings is 2. The third-order valence-corrected chi connectivity index (χ3v) is 4.59. The van der Waals surface area contributed by atoms with Crippen molar-refractivity contribution in [2.45, 2.75) is 25.3 Å². The highest BCUT2D eigenvalue weighted by atomic mass is 16.5. The van der Waals surface area contributed by atoms with Crippen LogP contribution >= 0.6 is 0 Å². The van der Waals surface area contributed by atoms with E-state index in [0.29, 0.717) is 12.0 Å². The Morgan fingerprint density at radius 3 is 2.46 bits per heavy atom. The third kappa shape index (κ3) is 4.65. The molecule has 0 fully saturated rings.